The fourth-order valence-corrected chi connectivity index (χ4v) is 4.34. The molecule has 10 heteroatoms. The third-order valence-corrected chi connectivity index (χ3v) is 6.03. The van der Waals surface area contributed by atoms with Gasteiger partial charge in [0.1, 0.15) is 17.7 Å². The number of carbonyl (C=O) groups excluding carboxylic acids is 3. The lowest BCUT2D eigenvalue weighted by Crippen LogP contribution is -2.56. The zero-order chi connectivity index (χ0) is 24.4. The van der Waals surface area contributed by atoms with E-state index in [0.717, 1.165) is 18.4 Å². The van der Waals surface area contributed by atoms with E-state index in [1.807, 2.05) is 13.0 Å². The third kappa shape index (κ3) is 4.35. The van der Waals surface area contributed by atoms with Crippen LogP contribution in [0.1, 0.15) is 34.3 Å². The SMILES string of the molecule is C=CC(=O)N1CCCC1C1NC(c2ccc(C(=O)Nc3ccc(C)cn3)cc2)=C(C(N)=O)N1N. The van der Waals surface area contributed by atoms with E-state index in [9.17, 15) is 14.4 Å². The topological polar surface area (TPSA) is 147 Å². The Morgan fingerprint density at radius 1 is 1.21 bits per heavy atom. The first-order valence-corrected chi connectivity index (χ1v) is 10.9. The van der Waals surface area contributed by atoms with E-state index >= 15 is 0 Å². The standard InChI is InChI=1S/C24H27N7O3/c1-3-19(32)30-12-4-5-17(30)23-29-20(21(22(25)33)31(23)26)15-7-9-16(10-8-15)24(34)28-18-11-6-14(2)13-27-18/h3,6-11,13,17,23,29H,1,4-5,12,26H2,2H3,(H2,25,33)(H,27,28,34). The predicted octanol–water partition coefficient (Wildman–Crippen LogP) is 1.08. The molecule has 6 N–H and O–H groups in total. The predicted molar refractivity (Wildman–Crippen MR) is 127 cm³/mol. The molecule has 176 valence electrons. The Kier molecular flexibility index (Phi) is 6.33. The number of amides is 3. The van der Waals surface area contributed by atoms with Gasteiger partial charge in [-0.05, 0) is 49.6 Å². The zero-order valence-corrected chi connectivity index (χ0v) is 18.8. The second-order valence-electron chi connectivity index (χ2n) is 8.28. The van der Waals surface area contributed by atoms with Crippen molar-refractivity contribution in [3.05, 3.63) is 77.6 Å². The number of nitrogens with two attached hydrogens (primary N) is 2. The number of aromatic nitrogens is 1. The highest BCUT2D eigenvalue weighted by Gasteiger charge is 2.43. The van der Waals surface area contributed by atoms with Crippen LogP contribution in [-0.4, -0.2) is 51.4 Å². The second kappa shape index (κ2) is 9.36. The molecule has 2 aliphatic heterocycles. The molecule has 1 fully saturated rings. The van der Waals surface area contributed by atoms with Crippen LogP contribution < -0.4 is 22.2 Å². The van der Waals surface area contributed by atoms with Crippen molar-refractivity contribution >= 4 is 29.2 Å². The van der Waals surface area contributed by atoms with Crippen LogP contribution >= 0.6 is 0 Å². The molecule has 2 unspecified atom stereocenters. The van der Waals surface area contributed by atoms with E-state index in [1.165, 1.54) is 11.1 Å². The molecule has 1 saturated heterocycles. The Morgan fingerprint density at radius 3 is 2.56 bits per heavy atom. The zero-order valence-electron chi connectivity index (χ0n) is 18.8. The summed E-state index contributed by atoms with van der Waals surface area (Å²) in [5.41, 5.74) is 8.26. The van der Waals surface area contributed by atoms with E-state index in [4.69, 9.17) is 11.6 Å². The molecule has 3 heterocycles. The fourth-order valence-electron chi connectivity index (χ4n) is 4.34. The van der Waals surface area contributed by atoms with E-state index in [0.29, 0.717) is 29.2 Å². The van der Waals surface area contributed by atoms with E-state index < -0.39 is 12.1 Å². The number of benzene rings is 1. The maximum absolute atomic E-state index is 12.6. The maximum Gasteiger partial charge on any atom is 0.268 e. The van der Waals surface area contributed by atoms with Gasteiger partial charge in [0.25, 0.3) is 11.8 Å². The van der Waals surface area contributed by atoms with Crippen LogP contribution in [0.4, 0.5) is 5.82 Å². The average Bonchev–Trinajstić information content (AvgIpc) is 3.44. The number of aryl methyl sites for hydroxylation is 1. The minimum atomic E-state index is -0.695. The molecule has 2 aliphatic rings. The second-order valence-corrected chi connectivity index (χ2v) is 8.28. The Labute approximate surface area is 197 Å². The summed E-state index contributed by atoms with van der Waals surface area (Å²) in [4.78, 5) is 43.0. The fraction of sp³-hybridized carbons (Fsp3) is 0.250. The monoisotopic (exact) mass is 461 g/mol. The number of hydrogen-bond donors (Lipinski definition) is 4. The molecule has 0 saturated carbocycles. The molecular formula is C24H27N7O3. The van der Waals surface area contributed by atoms with Crippen molar-refractivity contribution in [1.29, 1.82) is 0 Å². The first-order valence-electron chi connectivity index (χ1n) is 10.9. The Balaban J connectivity index is 1.55. The Morgan fingerprint density at radius 2 is 1.94 bits per heavy atom. The van der Waals surface area contributed by atoms with E-state index in [-0.39, 0.29) is 23.6 Å². The summed E-state index contributed by atoms with van der Waals surface area (Å²) < 4.78 is 0. The molecule has 2 atom stereocenters. The number of nitrogens with zero attached hydrogens (tertiary/aromatic N) is 3. The quantitative estimate of drug-likeness (QED) is 0.372. The minimum absolute atomic E-state index is 0.115. The number of anilines is 1. The van der Waals surface area contributed by atoms with Gasteiger partial charge in [-0.2, -0.15) is 0 Å². The van der Waals surface area contributed by atoms with Gasteiger partial charge in [-0.15, -0.1) is 0 Å². The largest absolute Gasteiger partial charge is 0.364 e. The smallest absolute Gasteiger partial charge is 0.268 e. The highest BCUT2D eigenvalue weighted by Crippen LogP contribution is 2.31. The van der Waals surface area contributed by atoms with Gasteiger partial charge in [-0.25, -0.2) is 10.8 Å². The summed E-state index contributed by atoms with van der Waals surface area (Å²) in [6.45, 7) is 6.07. The lowest BCUT2D eigenvalue weighted by atomic mass is 10.1. The van der Waals surface area contributed by atoms with Gasteiger partial charge in [0.15, 0.2) is 0 Å². The molecular weight excluding hydrogens is 434 g/mol. The highest BCUT2D eigenvalue weighted by molar-refractivity contribution is 6.04. The molecule has 0 spiro atoms. The number of rotatable bonds is 6. The lowest BCUT2D eigenvalue weighted by molar-refractivity contribution is -0.127. The van der Waals surface area contributed by atoms with Gasteiger partial charge < -0.3 is 21.3 Å². The molecule has 10 nitrogen and oxygen atoms in total. The molecule has 34 heavy (non-hydrogen) atoms. The number of carbonyl (C=O) groups is 3. The molecule has 1 aromatic carbocycles. The number of nitrogens with one attached hydrogen (secondary N) is 2. The summed E-state index contributed by atoms with van der Waals surface area (Å²) in [5, 5.41) is 7.31. The molecule has 0 aliphatic carbocycles. The summed E-state index contributed by atoms with van der Waals surface area (Å²) in [6.07, 6.45) is 3.95. The first kappa shape index (κ1) is 23.0. The van der Waals surface area contributed by atoms with Crippen molar-refractivity contribution in [2.75, 3.05) is 11.9 Å². The number of hydrazine groups is 1. The molecule has 0 radical (unpaired) electrons. The van der Waals surface area contributed by atoms with Crippen molar-refractivity contribution < 1.29 is 14.4 Å². The molecule has 0 bridgehead atoms. The van der Waals surface area contributed by atoms with Crippen molar-refractivity contribution in [3.8, 4) is 0 Å². The molecule has 1 aromatic heterocycles. The summed E-state index contributed by atoms with van der Waals surface area (Å²) in [7, 11) is 0. The Bertz CT molecular complexity index is 1160. The van der Waals surface area contributed by atoms with Crippen molar-refractivity contribution in [2.45, 2.75) is 32.0 Å². The van der Waals surface area contributed by atoms with Crippen LogP contribution in [-0.2, 0) is 9.59 Å². The van der Waals surface area contributed by atoms with Crippen molar-refractivity contribution in [1.82, 2.24) is 20.2 Å². The van der Waals surface area contributed by atoms with Gasteiger partial charge in [0, 0.05) is 23.9 Å². The van der Waals surface area contributed by atoms with E-state index in [1.54, 1.807) is 41.4 Å². The number of likely N-dealkylation sites (tertiary alicyclic amines) is 1. The summed E-state index contributed by atoms with van der Waals surface area (Å²) in [6, 6.07) is 10.0. The summed E-state index contributed by atoms with van der Waals surface area (Å²) in [5.74, 6) is 5.54. The van der Waals surface area contributed by atoms with Gasteiger partial charge in [-0.3, -0.25) is 19.4 Å². The first-order chi connectivity index (χ1) is 16.3. The number of pyridine rings is 1. The number of primary amides is 1. The number of hydrogen-bond acceptors (Lipinski definition) is 7. The lowest BCUT2D eigenvalue weighted by Gasteiger charge is -2.33. The van der Waals surface area contributed by atoms with Crippen molar-refractivity contribution in [2.24, 2.45) is 11.6 Å². The van der Waals surface area contributed by atoms with Crippen LogP contribution in [0.5, 0.6) is 0 Å². The maximum atomic E-state index is 12.6. The van der Waals surface area contributed by atoms with Crippen LogP contribution in [0.3, 0.4) is 0 Å². The third-order valence-electron chi connectivity index (χ3n) is 6.03. The minimum Gasteiger partial charge on any atom is -0.364 e. The highest BCUT2D eigenvalue weighted by atomic mass is 16.2. The van der Waals surface area contributed by atoms with Crippen LogP contribution in [0.2, 0.25) is 0 Å². The summed E-state index contributed by atoms with van der Waals surface area (Å²) >= 11 is 0. The van der Waals surface area contributed by atoms with Crippen LogP contribution in [0.25, 0.3) is 5.70 Å². The average molecular weight is 462 g/mol. The van der Waals surface area contributed by atoms with Gasteiger partial charge in [0.05, 0.1) is 11.7 Å². The van der Waals surface area contributed by atoms with Gasteiger partial charge in [0.2, 0.25) is 5.91 Å². The van der Waals surface area contributed by atoms with Gasteiger partial charge >= 0.3 is 0 Å². The van der Waals surface area contributed by atoms with E-state index in [2.05, 4.69) is 22.2 Å². The molecule has 2 aromatic rings. The normalized spacial score (nSPS) is 19.7. The molecule has 3 amide bonds. The Hall–Kier alpha value is -4.18. The van der Waals surface area contributed by atoms with Crippen LogP contribution in [0.15, 0.2) is 60.9 Å². The van der Waals surface area contributed by atoms with Crippen molar-refractivity contribution in [3.63, 3.8) is 0 Å². The van der Waals surface area contributed by atoms with Crippen LogP contribution in [0, 0.1) is 6.92 Å². The van der Waals surface area contributed by atoms with Gasteiger partial charge in [-0.1, -0.05) is 24.8 Å². The molecule has 4 rings (SSSR count).